The van der Waals surface area contributed by atoms with Crippen molar-refractivity contribution in [3.05, 3.63) is 58.9 Å². The largest absolute Gasteiger partial charge is 0.573 e. The first kappa shape index (κ1) is 20.6. The Balaban J connectivity index is 0.00000243. The first-order valence-electron chi connectivity index (χ1n) is 7.50. The van der Waals surface area contributed by atoms with Crippen LogP contribution in [0.4, 0.5) is 17.6 Å². The molecule has 0 amide bonds. The lowest BCUT2D eigenvalue weighted by molar-refractivity contribution is -0.274. The van der Waals surface area contributed by atoms with Crippen molar-refractivity contribution < 1.29 is 27.0 Å². The molecule has 1 saturated heterocycles. The van der Waals surface area contributed by atoms with E-state index in [0.29, 0.717) is 18.7 Å². The van der Waals surface area contributed by atoms with E-state index < -0.39 is 18.3 Å². The maximum atomic E-state index is 13.4. The molecule has 1 aliphatic heterocycles. The van der Waals surface area contributed by atoms with E-state index in [1.165, 1.54) is 30.3 Å². The highest BCUT2D eigenvalue weighted by atomic mass is 35.5. The zero-order valence-corrected chi connectivity index (χ0v) is 14.8. The minimum absolute atomic E-state index is 0. The lowest BCUT2D eigenvalue weighted by Gasteiger charge is -2.35. The summed E-state index contributed by atoms with van der Waals surface area (Å²) in [6.07, 6.45) is -5.25. The Morgan fingerprint density at radius 2 is 1.77 bits per heavy atom. The molecule has 0 saturated carbocycles. The summed E-state index contributed by atoms with van der Waals surface area (Å²) in [4.78, 5) is 0. The minimum Gasteiger partial charge on any atom is -0.485 e. The minimum atomic E-state index is -4.78. The number of rotatable bonds is 5. The van der Waals surface area contributed by atoms with Crippen molar-refractivity contribution >= 4 is 24.0 Å². The first-order valence-corrected chi connectivity index (χ1v) is 7.88. The third-order valence-electron chi connectivity index (χ3n) is 3.82. The molecule has 1 heterocycles. The topological polar surface area (TPSA) is 30.5 Å². The molecule has 1 aliphatic rings. The molecule has 1 N–H and O–H groups in total. The van der Waals surface area contributed by atoms with Crippen molar-refractivity contribution in [1.29, 1.82) is 0 Å². The molecule has 1 unspecified atom stereocenters. The summed E-state index contributed by atoms with van der Waals surface area (Å²) >= 11 is 5.83. The van der Waals surface area contributed by atoms with Gasteiger partial charge in [-0.3, -0.25) is 0 Å². The van der Waals surface area contributed by atoms with Crippen molar-refractivity contribution in [3.8, 4) is 11.5 Å². The number of hydrogen-bond acceptors (Lipinski definition) is 3. The molecule has 0 spiro atoms. The van der Waals surface area contributed by atoms with Crippen LogP contribution in [0.15, 0.2) is 42.5 Å². The van der Waals surface area contributed by atoms with Gasteiger partial charge in [0, 0.05) is 25.1 Å². The van der Waals surface area contributed by atoms with Crippen LogP contribution in [0.2, 0.25) is 5.02 Å². The van der Waals surface area contributed by atoms with Crippen molar-refractivity contribution in [1.82, 2.24) is 5.32 Å². The van der Waals surface area contributed by atoms with Crippen LogP contribution < -0.4 is 14.8 Å². The van der Waals surface area contributed by atoms with E-state index in [0.717, 1.165) is 6.07 Å². The molecule has 3 rings (SSSR count). The summed E-state index contributed by atoms with van der Waals surface area (Å²) < 4.78 is 60.2. The van der Waals surface area contributed by atoms with Gasteiger partial charge in [-0.1, -0.05) is 23.7 Å². The summed E-state index contributed by atoms with van der Waals surface area (Å²) in [5.41, 5.74) is 0.653. The lowest BCUT2D eigenvalue weighted by Crippen LogP contribution is -2.46. The van der Waals surface area contributed by atoms with E-state index in [9.17, 15) is 17.6 Å². The van der Waals surface area contributed by atoms with Crippen LogP contribution in [0.1, 0.15) is 11.7 Å². The molecule has 26 heavy (non-hydrogen) atoms. The lowest BCUT2D eigenvalue weighted by atomic mass is 9.91. The third-order valence-corrected chi connectivity index (χ3v) is 4.11. The number of ether oxygens (including phenoxy) is 2. The summed E-state index contributed by atoms with van der Waals surface area (Å²) in [5.74, 6) is -0.600. The Morgan fingerprint density at radius 1 is 1.08 bits per heavy atom. The number of alkyl halides is 3. The van der Waals surface area contributed by atoms with E-state index in [2.05, 4.69) is 10.1 Å². The average molecular weight is 412 g/mol. The second kappa shape index (κ2) is 8.33. The van der Waals surface area contributed by atoms with Crippen molar-refractivity contribution in [3.63, 3.8) is 0 Å². The molecule has 0 radical (unpaired) electrons. The predicted octanol–water partition coefficient (Wildman–Crippen LogP) is 5.14. The molecule has 0 aromatic heterocycles. The van der Waals surface area contributed by atoms with Crippen LogP contribution in [0.5, 0.6) is 11.5 Å². The fourth-order valence-corrected chi connectivity index (χ4v) is 2.73. The summed E-state index contributed by atoms with van der Waals surface area (Å²) in [6, 6.07) is 9.56. The molecule has 142 valence electrons. The molecule has 0 aliphatic carbocycles. The van der Waals surface area contributed by atoms with Gasteiger partial charge in [0.25, 0.3) is 0 Å². The molecular weight excluding hydrogens is 397 g/mol. The van der Waals surface area contributed by atoms with Crippen LogP contribution in [-0.4, -0.2) is 19.5 Å². The maximum Gasteiger partial charge on any atom is 0.573 e. The SMILES string of the molecule is Cl.Fc1ccc(C(Oc2cccc(OC(F)(F)F)c2)C2CNC2)cc1Cl. The van der Waals surface area contributed by atoms with Gasteiger partial charge in [-0.15, -0.1) is 25.6 Å². The molecule has 1 fully saturated rings. The Hall–Kier alpha value is -1.70. The number of benzene rings is 2. The Bertz CT molecular complexity index is 754. The Labute approximate surface area is 158 Å². The van der Waals surface area contributed by atoms with E-state index in [4.69, 9.17) is 16.3 Å². The van der Waals surface area contributed by atoms with E-state index in [1.54, 1.807) is 6.07 Å². The smallest absolute Gasteiger partial charge is 0.485 e. The van der Waals surface area contributed by atoms with Gasteiger partial charge in [0.05, 0.1) is 5.02 Å². The van der Waals surface area contributed by atoms with Gasteiger partial charge in [0.2, 0.25) is 0 Å². The van der Waals surface area contributed by atoms with Gasteiger partial charge in [-0.25, -0.2) is 4.39 Å². The fraction of sp³-hybridized carbons (Fsp3) is 0.294. The molecule has 2 aromatic rings. The first-order chi connectivity index (χ1) is 11.8. The molecule has 1 atom stereocenters. The molecule has 9 heteroatoms. The van der Waals surface area contributed by atoms with Crippen molar-refractivity contribution in [2.45, 2.75) is 12.5 Å². The fourth-order valence-electron chi connectivity index (χ4n) is 2.54. The Kier molecular flexibility index (Phi) is 6.60. The molecule has 0 bridgehead atoms. The van der Waals surface area contributed by atoms with Crippen molar-refractivity contribution in [2.24, 2.45) is 5.92 Å². The third kappa shape index (κ3) is 5.16. The Morgan fingerprint density at radius 3 is 2.35 bits per heavy atom. The van der Waals surface area contributed by atoms with E-state index in [1.807, 2.05) is 0 Å². The van der Waals surface area contributed by atoms with Gasteiger partial charge in [0.15, 0.2) is 0 Å². The number of hydrogen-bond donors (Lipinski definition) is 1. The predicted molar refractivity (Wildman–Crippen MR) is 91.5 cm³/mol. The van der Waals surface area contributed by atoms with Crippen LogP contribution in [0.3, 0.4) is 0 Å². The normalized spacial score (nSPS) is 15.6. The van der Waals surface area contributed by atoms with E-state index in [-0.39, 0.29) is 34.8 Å². The average Bonchev–Trinajstić information content (AvgIpc) is 2.46. The van der Waals surface area contributed by atoms with Gasteiger partial charge in [-0.2, -0.15) is 0 Å². The van der Waals surface area contributed by atoms with Crippen molar-refractivity contribution in [2.75, 3.05) is 13.1 Å². The van der Waals surface area contributed by atoms with Crippen LogP contribution >= 0.6 is 24.0 Å². The van der Waals surface area contributed by atoms with E-state index >= 15 is 0 Å². The highest BCUT2D eigenvalue weighted by Gasteiger charge is 2.32. The zero-order valence-electron chi connectivity index (χ0n) is 13.2. The van der Waals surface area contributed by atoms with Gasteiger partial charge < -0.3 is 14.8 Å². The maximum absolute atomic E-state index is 13.4. The number of halogens is 6. The standard InChI is InChI=1S/C17H14ClF4NO2.ClH/c18-14-6-10(4-5-15(14)19)16(11-8-23-9-11)24-12-2-1-3-13(7-12)25-17(20,21)22;/h1-7,11,16,23H,8-9H2;1H. The summed E-state index contributed by atoms with van der Waals surface area (Å²) in [7, 11) is 0. The summed E-state index contributed by atoms with van der Waals surface area (Å²) in [5, 5.41) is 3.07. The van der Waals surface area contributed by atoms with Crippen LogP contribution in [-0.2, 0) is 0 Å². The zero-order chi connectivity index (χ0) is 18.0. The monoisotopic (exact) mass is 411 g/mol. The molecule has 2 aromatic carbocycles. The molecule has 3 nitrogen and oxygen atoms in total. The van der Waals surface area contributed by atoms with Gasteiger partial charge in [0.1, 0.15) is 23.4 Å². The quantitative estimate of drug-likeness (QED) is 0.691. The molecular formula is C17H15Cl2F4NO2. The second-order valence-corrected chi connectivity index (χ2v) is 6.06. The van der Waals surface area contributed by atoms with Gasteiger partial charge in [-0.05, 0) is 29.8 Å². The van der Waals surface area contributed by atoms with Gasteiger partial charge >= 0.3 is 6.36 Å². The highest BCUT2D eigenvalue weighted by molar-refractivity contribution is 6.30. The van der Waals surface area contributed by atoms with Crippen LogP contribution in [0.25, 0.3) is 0 Å². The highest BCUT2D eigenvalue weighted by Crippen LogP contribution is 2.34. The number of nitrogens with one attached hydrogen (secondary N) is 1. The van der Waals surface area contributed by atoms with Crippen LogP contribution in [0, 0.1) is 11.7 Å². The summed E-state index contributed by atoms with van der Waals surface area (Å²) in [6.45, 7) is 1.36. The second-order valence-electron chi connectivity index (χ2n) is 5.65.